The Bertz CT molecular complexity index is 2250. The van der Waals surface area contributed by atoms with E-state index in [1.807, 2.05) is 48.5 Å². The molecule has 2 aliphatic carbocycles. The molecule has 5 heteroatoms. The summed E-state index contributed by atoms with van der Waals surface area (Å²) < 4.78 is 8.70. The van der Waals surface area contributed by atoms with Crippen LogP contribution >= 0.6 is 0 Å². The second-order valence-electron chi connectivity index (χ2n) is 12.7. The summed E-state index contributed by atoms with van der Waals surface area (Å²) in [6.45, 7) is 0. The molecule has 0 radical (unpaired) electrons. The van der Waals surface area contributed by atoms with Gasteiger partial charge in [-0.3, -0.25) is 4.57 Å². The van der Waals surface area contributed by atoms with E-state index < -0.39 is 0 Å². The van der Waals surface area contributed by atoms with Crippen molar-refractivity contribution >= 4 is 11.0 Å². The standard InChI is InChI=1S/C41H31N3O2/c45-36-17-7-6-14-33(36)34-15-8-19-38(42-34)46-37-18-9-16-35-39(37)43-40(27-10-2-1-3-11-27)44(35)32-21-20-30-25-41(26-31(30)22-32)23-28-12-4-5-13-29(28)24-41/h1-22,45H,23-26H2. The molecule has 0 saturated heterocycles. The lowest BCUT2D eigenvalue weighted by atomic mass is 9.82. The van der Waals surface area contributed by atoms with E-state index in [0.29, 0.717) is 22.9 Å². The van der Waals surface area contributed by atoms with Crippen LogP contribution < -0.4 is 4.74 Å². The van der Waals surface area contributed by atoms with Crippen molar-refractivity contribution in [3.63, 3.8) is 0 Å². The van der Waals surface area contributed by atoms with E-state index >= 15 is 0 Å². The van der Waals surface area contributed by atoms with Gasteiger partial charge in [0.1, 0.15) is 17.1 Å². The van der Waals surface area contributed by atoms with Crippen LogP contribution in [0.5, 0.6) is 17.4 Å². The van der Waals surface area contributed by atoms with Gasteiger partial charge in [-0.2, -0.15) is 0 Å². The molecule has 2 aliphatic rings. The maximum atomic E-state index is 10.4. The number of benzene rings is 5. The van der Waals surface area contributed by atoms with Crippen molar-refractivity contribution in [3.05, 3.63) is 156 Å². The zero-order chi connectivity index (χ0) is 30.7. The summed E-state index contributed by atoms with van der Waals surface area (Å²) in [7, 11) is 0. The molecule has 2 aromatic heterocycles. The summed E-state index contributed by atoms with van der Waals surface area (Å²) in [6, 6.07) is 45.1. The van der Waals surface area contributed by atoms with E-state index in [2.05, 4.69) is 77.4 Å². The van der Waals surface area contributed by atoms with Crippen LogP contribution in [-0.4, -0.2) is 19.6 Å². The molecule has 1 spiro atoms. The zero-order valence-electron chi connectivity index (χ0n) is 25.2. The molecule has 0 bridgehead atoms. The first-order chi connectivity index (χ1) is 22.6. The van der Waals surface area contributed by atoms with Gasteiger partial charge in [-0.25, -0.2) is 9.97 Å². The number of para-hydroxylation sites is 2. The van der Waals surface area contributed by atoms with Gasteiger partial charge in [0.2, 0.25) is 5.88 Å². The molecule has 2 heterocycles. The highest BCUT2D eigenvalue weighted by molar-refractivity contribution is 5.88. The van der Waals surface area contributed by atoms with Gasteiger partial charge >= 0.3 is 0 Å². The van der Waals surface area contributed by atoms with Gasteiger partial charge in [0.05, 0.1) is 11.2 Å². The molecule has 5 aromatic carbocycles. The maximum absolute atomic E-state index is 10.4. The lowest BCUT2D eigenvalue weighted by Crippen LogP contribution is -2.21. The third-order valence-electron chi connectivity index (χ3n) is 9.63. The SMILES string of the molecule is Oc1ccccc1-c1cccc(Oc2cccc3c2nc(-c2ccccc2)n3-c2ccc3c(c2)CC2(Cc4ccccc4C2)C3)n1. The average molecular weight is 598 g/mol. The molecule has 0 amide bonds. The fraction of sp³-hybridized carbons (Fsp3) is 0.122. The minimum atomic E-state index is 0.179. The molecule has 222 valence electrons. The van der Waals surface area contributed by atoms with Crippen LogP contribution in [0.1, 0.15) is 22.3 Å². The van der Waals surface area contributed by atoms with Crippen LogP contribution in [0.3, 0.4) is 0 Å². The normalized spacial score (nSPS) is 14.4. The Kier molecular flexibility index (Phi) is 6.07. The monoisotopic (exact) mass is 597 g/mol. The van der Waals surface area contributed by atoms with E-state index in [-0.39, 0.29) is 11.2 Å². The molecular weight excluding hydrogens is 566 g/mol. The maximum Gasteiger partial charge on any atom is 0.219 e. The minimum Gasteiger partial charge on any atom is -0.507 e. The molecule has 7 aromatic rings. The number of pyridine rings is 1. The number of rotatable bonds is 5. The quantitative estimate of drug-likeness (QED) is 0.215. The Labute approximate surface area is 267 Å². The summed E-state index contributed by atoms with van der Waals surface area (Å²) in [5, 5.41) is 10.4. The van der Waals surface area contributed by atoms with E-state index in [4.69, 9.17) is 14.7 Å². The van der Waals surface area contributed by atoms with E-state index in [1.54, 1.807) is 12.1 Å². The molecule has 5 nitrogen and oxygen atoms in total. The van der Waals surface area contributed by atoms with Gasteiger partial charge in [0.25, 0.3) is 0 Å². The first-order valence-electron chi connectivity index (χ1n) is 15.8. The van der Waals surface area contributed by atoms with Crippen LogP contribution in [-0.2, 0) is 25.7 Å². The molecule has 0 atom stereocenters. The smallest absolute Gasteiger partial charge is 0.219 e. The molecule has 0 unspecified atom stereocenters. The van der Waals surface area contributed by atoms with Crippen molar-refractivity contribution in [2.75, 3.05) is 0 Å². The first-order valence-corrected chi connectivity index (χ1v) is 15.8. The zero-order valence-corrected chi connectivity index (χ0v) is 25.2. The number of hydrogen-bond acceptors (Lipinski definition) is 4. The summed E-state index contributed by atoms with van der Waals surface area (Å²) in [5.41, 5.74) is 11.4. The Morgan fingerprint density at radius 2 is 1.30 bits per heavy atom. The summed E-state index contributed by atoms with van der Waals surface area (Å²) in [5.74, 6) is 2.10. The lowest BCUT2D eigenvalue weighted by Gasteiger charge is -2.21. The molecule has 0 fully saturated rings. The molecule has 0 saturated carbocycles. The van der Waals surface area contributed by atoms with Crippen molar-refractivity contribution in [3.8, 4) is 45.7 Å². The van der Waals surface area contributed by atoms with Crippen molar-refractivity contribution in [2.45, 2.75) is 25.7 Å². The highest BCUT2D eigenvalue weighted by Gasteiger charge is 2.42. The Morgan fingerprint density at radius 1 is 0.609 bits per heavy atom. The Hall–Kier alpha value is -5.68. The molecule has 0 aliphatic heterocycles. The topological polar surface area (TPSA) is 60.2 Å². The van der Waals surface area contributed by atoms with Crippen molar-refractivity contribution in [1.29, 1.82) is 0 Å². The van der Waals surface area contributed by atoms with Gasteiger partial charge in [-0.1, -0.05) is 84.9 Å². The van der Waals surface area contributed by atoms with Crippen LogP contribution in [0, 0.1) is 5.41 Å². The summed E-state index contributed by atoms with van der Waals surface area (Å²) >= 11 is 0. The van der Waals surface area contributed by atoms with E-state index in [9.17, 15) is 5.11 Å². The second-order valence-corrected chi connectivity index (χ2v) is 12.7. The van der Waals surface area contributed by atoms with Gasteiger partial charge in [0.15, 0.2) is 5.75 Å². The number of aromatic nitrogens is 3. The first kappa shape index (κ1) is 26.7. The fourth-order valence-corrected chi connectivity index (χ4v) is 7.60. The largest absolute Gasteiger partial charge is 0.507 e. The van der Waals surface area contributed by atoms with Gasteiger partial charge in [0, 0.05) is 22.9 Å². The van der Waals surface area contributed by atoms with E-state index in [0.717, 1.165) is 53.8 Å². The third kappa shape index (κ3) is 4.47. The lowest BCUT2D eigenvalue weighted by molar-refractivity contribution is 0.326. The number of fused-ring (bicyclic) bond motifs is 3. The molecule has 1 N–H and O–H groups in total. The van der Waals surface area contributed by atoms with Gasteiger partial charge < -0.3 is 9.84 Å². The van der Waals surface area contributed by atoms with Crippen LogP contribution in [0.2, 0.25) is 0 Å². The number of phenolic OH excluding ortho intramolecular Hbond substituents is 1. The van der Waals surface area contributed by atoms with Crippen LogP contribution in [0.25, 0.3) is 39.4 Å². The van der Waals surface area contributed by atoms with Crippen molar-refractivity contribution in [1.82, 2.24) is 14.5 Å². The van der Waals surface area contributed by atoms with Gasteiger partial charge in [-0.05, 0) is 95.8 Å². The number of imidazole rings is 1. The second kappa shape index (κ2) is 10.5. The fourth-order valence-electron chi connectivity index (χ4n) is 7.60. The van der Waals surface area contributed by atoms with Crippen molar-refractivity contribution < 1.29 is 9.84 Å². The number of nitrogens with zero attached hydrogens (tertiary/aromatic N) is 3. The third-order valence-corrected chi connectivity index (χ3v) is 9.63. The number of aromatic hydroxyl groups is 1. The number of hydrogen-bond donors (Lipinski definition) is 1. The molecule has 46 heavy (non-hydrogen) atoms. The average Bonchev–Trinajstić information content (AvgIpc) is 3.77. The predicted octanol–water partition coefficient (Wildman–Crippen LogP) is 9.14. The number of ether oxygens (including phenoxy) is 1. The number of phenols is 1. The highest BCUT2D eigenvalue weighted by atomic mass is 16.5. The van der Waals surface area contributed by atoms with E-state index in [1.165, 1.54) is 22.3 Å². The summed E-state index contributed by atoms with van der Waals surface area (Å²) in [6.07, 6.45) is 4.51. The highest BCUT2D eigenvalue weighted by Crippen LogP contribution is 2.48. The van der Waals surface area contributed by atoms with Crippen molar-refractivity contribution in [2.24, 2.45) is 5.41 Å². The molecule has 9 rings (SSSR count). The van der Waals surface area contributed by atoms with Crippen LogP contribution in [0.4, 0.5) is 0 Å². The van der Waals surface area contributed by atoms with Crippen LogP contribution in [0.15, 0.2) is 133 Å². The molecular formula is C41H31N3O2. The summed E-state index contributed by atoms with van der Waals surface area (Å²) in [4.78, 5) is 9.94. The predicted molar refractivity (Wildman–Crippen MR) is 182 cm³/mol. The Morgan fingerprint density at radius 3 is 2.11 bits per heavy atom. The minimum absolute atomic E-state index is 0.179. The Balaban J connectivity index is 1.12. The van der Waals surface area contributed by atoms with Gasteiger partial charge in [-0.15, -0.1) is 0 Å².